The van der Waals surface area contributed by atoms with Gasteiger partial charge in [0.15, 0.2) is 0 Å². The first kappa shape index (κ1) is 28.1. The predicted molar refractivity (Wildman–Crippen MR) is 151 cm³/mol. The van der Waals surface area contributed by atoms with E-state index in [0.29, 0.717) is 46.4 Å². The van der Waals surface area contributed by atoms with E-state index in [1.54, 1.807) is 31.2 Å². The van der Waals surface area contributed by atoms with Crippen molar-refractivity contribution in [3.63, 3.8) is 0 Å². The number of methoxy groups -OCH3 is 1. The molecule has 1 amide bonds. The van der Waals surface area contributed by atoms with Crippen molar-refractivity contribution in [3.05, 3.63) is 105 Å². The molecule has 1 unspecified atom stereocenters. The normalized spacial score (nSPS) is 15.3. The van der Waals surface area contributed by atoms with Crippen molar-refractivity contribution in [3.8, 4) is 0 Å². The average molecular weight is 549 g/mol. The summed E-state index contributed by atoms with van der Waals surface area (Å²) in [5, 5.41) is 6.63. The van der Waals surface area contributed by atoms with E-state index in [2.05, 4.69) is 20.2 Å². The van der Waals surface area contributed by atoms with Gasteiger partial charge in [0.25, 0.3) is 5.91 Å². The van der Waals surface area contributed by atoms with E-state index >= 15 is 0 Å². The van der Waals surface area contributed by atoms with Gasteiger partial charge in [-0.3, -0.25) is 4.79 Å². The van der Waals surface area contributed by atoms with Crippen LogP contribution in [0.1, 0.15) is 35.6 Å². The van der Waals surface area contributed by atoms with Crippen LogP contribution < -0.4 is 10.6 Å². The maximum atomic E-state index is 13.7. The summed E-state index contributed by atoms with van der Waals surface area (Å²) in [5.41, 5.74) is 5.11. The van der Waals surface area contributed by atoms with Crippen molar-refractivity contribution in [2.45, 2.75) is 40.2 Å². The molecular formula is C30H33ClN4O4. The van der Waals surface area contributed by atoms with Crippen LogP contribution in [-0.4, -0.2) is 41.8 Å². The van der Waals surface area contributed by atoms with E-state index in [0.717, 1.165) is 17.2 Å². The Morgan fingerprint density at radius 2 is 1.72 bits per heavy atom. The number of halogens is 1. The van der Waals surface area contributed by atoms with Crippen LogP contribution in [0.3, 0.4) is 0 Å². The van der Waals surface area contributed by atoms with E-state index in [-0.39, 0.29) is 18.1 Å². The SMILES string of the molecule is COC(=O)C1=C(COCCn2c(C)nc(C)c2C)NC(C)=C(C(=O)Nc2ccccc2)C1c1ccccc1Cl. The number of ether oxygens (including phenoxy) is 2. The molecule has 204 valence electrons. The molecule has 0 fully saturated rings. The standard InChI is InChI=1S/C30H33ClN4O4/c1-18-20(3)35(21(4)32-18)15-16-39-17-25-28(30(37)38-5)27(23-13-9-10-14-24(23)31)26(19(2)33-25)29(36)34-22-11-7-6-8-12-22/h6-14,27,33H,15-17H2,1-5H3,(H,34,36). The van der Waals surface area contributed by atoms with Crippen molar-refractivity contribution >= 4 is 29.2 Å². The molecule has 4 rings (SSSR count). The van der Waals surface area contributed by atoms with Gasteiger partial charge in [-0.1, -0.05) is 48.0 Å². The summed E-state index contributed by atoms with van der Waals surface area (Å²) < 4.78 is 13.3. The van der Waals surface area contributed by atoms with E-state index in [1.165, 1.54) is 7.11 Å². The lowest BCUT2D eigenvalue weighted by Gasteiger charge is -2.32. The molecule has 9 heteroatoms. The number of anilines is 1. The molecule has 0 aliphatic carbocycles. The van der Waals surface area contributed by atoms with E-state index in [1.807, 2.05) is 51.1 Å². The second kappa shape index (κ2) is 12.3. The first-order valence-corrected chi connectivity index (χ1v) is 13.1. The van der Waals surface area contributed by atoms with Crippen molar-refractivity contribution in [2.24, 2.45) is 0 Å². The van der Waals surface area contributed by atoms with E-state index < -0.39 is 11.9 Å². The first-order valence-electron chi connectivity index (χ1n) is 12.7. The van der Waals surface area contributed by atoms with Gasteiger partial charge in [-0.05, 0) is 51.5 Å². The maximum Gasteiger partial charge on any atom is 0.336 e. The Kier molecular flexibility index (Phi) is 8.89. The summed E-state index contributed by atoms with van der Waals surface area (Å²) in [6.45, 7) is 8.91. The molecule has 1 aliphatic heterocycles. The zero-order chi connectivity index (χ0) is 28.1. The summed E-state index contributed by atoms with van der Waals surface area (Å²) in [5.74, 6) is -0.764. The summed E-state index contributed by atoms with van der Waals surface area (Å²) >= 11 is 6.63. The predicted octanol–water partition coefficient (Wildman–Crippen LogP) is 5.21. The minimum absolute atomic E-state index is 0.113. The van der Waals surface area contributed by atoms with Gasteiger partial charge < -0.3 is 24.7 Å². The summed E-state index contributed by atoms with van der Waals surface area (Å²) in [7, 11) is 1.32. The molecule has 2 heterocycles. The highest BCUT2D eigenvalue weighted by atomic mass is 35.5. The number of nitrogens with zero attached hydrogens (tertiary/aromatic N) is 2. The number of hydrogen-bond acceptors (Lipinski definition) is 6. The number of aromatic nitrogens is 2. The van der Waals surface area contributed by atoms with Gasteiger partial charge in [-0.25, -0.2) is 9.78 Å². The van der Waals surface area contributed by atoms with Crippen LogP contribution in [0, 0.1) is 20.8 Å². The number of carbonyl (C=O) groups is 2. The highest BCUT2D eigenvalue weighted by molar-refractivity contribution is 6.31. The minimum Gasteiger partial charge on any atom is -0.466 e. The number of rotatable bonds is 9. The molecule has 0 radical (unpaired) electrons. The molecule has 3 aromatic rings. The summed E-state index contributed by atoms with van der Waals surface area (Å²) in [6, 6.07) is 16.3. The Labute approximate surface area is 233 Å². The molecule has 0 spiro atoms. The number of carbonyl (C=O) groups excluding carboxylic acids is 2. The molecule has 8 nitrogen and oxygen atoms in total. The molecule has 0 bridgehead atoms. The number of dihydropyridines is 1. The van der Waals surface area contributed by atoms with Crippen LogP contribution in [0.5, 0.6) is 0 Å². The fourth-order valence-electron chi connectivity index (χ4n) is 4.88. The highest BCUT2D eigenvalue weighted by Crippen LogP contribution is 2.41. The lowest BCUT2D eigenvalue weighted by atomic mass is 9.79. The molecule has 0 saturated carbocycles. The molecule has 2 N–H and O–H groups in total. The van der Waals surface area contributed by atoms with Crippen molar-refractivity contribution in [1.82, 2.24) is 14.9 Å². The molecule has 1 aliphatic rings. The van der Waals surface area contributed by atoms with Crippen molar-refractivity contribution < 1.29 is 19.1 Å². The van der Waals surface area contributed by atoms with E-state index in [9.17, 15) is 9.59 Å². The average Bonchev–Trinajstić information content (AvgIpc) is 3.16. The topological polar surface area (TPSA) is 94.5 Å². The van der Waals surface area contributed by atoms with Gasteiger partial charge >= 0.3 is 5.97 Å². The number of allylic oxidation sites excluding steroid dienone is 1. The quantitative estimate of drug-likeness (QED) is 0.282. The van der Waals surface area contributed by atoms with Crippen LogP contribution in [0.4, 0.5) is 5.69 Å². The van der Waals surface area contributed by atoms with Crippen molar-refractivity contribution in [2.75, 3.05) is 25.6 Å². The highest BCUT2D eigenvalue weighted by Gasteiger charge is 2.39. The fourth-order valence-corrected chi connectivity index (χ4v) is 5.13. The lowest BCUT2D eigenvalue weighted by molar-refractivity contribution is -0.136. The zero-order valence-electron chi connectivity index (χ0n) is 22.8. The number of nitrogens with one attached hydrogen (secondary N) is 2. The first-order chi connectivity index (χ1) is 18.7. The monoisotopic (exact) mass is 548 g/mol. The molecular weight excluding hydrogens is 516 g/mol. The Hall–Kier alpha value is -3.88. The Bertz CT molecular complexity index is 1440. The fraction of sp³-hybridized carbons (Fsp3) is 0.300. The third-order valence-electron chi connectivity index (χ3n) is 6.90. The van der Waals surface area contributed by atoms with Gasteiger partial charge in [0.2, 0.25) is 0 Å². The Balaban J connectivity index is 1.68. The molecule has 2 aromatic carbocycles. The molecule has 1 atom stereocenters. The van der Waals surface area contributed by atoms with Gasteiger partial charge in [0, 0.05) is 34.2 Å². The van der Waals surface area contributed by atoms with Crippen LogP contribution in [0.15, 0.2) is 77.1 Å². The molecule has 0 saturated heterocycles. The summed E-state index contributed by atoms with van der Waals surface area (Å²) in [4.78, 5) is 31.4. The van der Waals surface area contributed by atoms with Crippen LogP contribution >= 0.6 is 11.6 Å². The largest absolute Gasteiger partial charge is 0.466 e. The zero-order valence-corrected chi connectivity index (χ0v) is 23.6. The number of amides is 1. The number of hydrogen-bond donors (Lipinski definition) is 2. The van der Waals surface area contributed by atoms with Crippen LogP contribution in [0.2, 0.25) is 5.02 Å². The van der Waals surface area contributed by atoms with Crippen LogP contribution in [-0.2, 0) is 25.6 Å². The molecule has 1 aromatic heterocycles. The van der Waals surface area contributed by atoms with E-state index in [4.69, 9.17) is 21.1 Å². The second-order valence-electron chi connectivity index (χ2n) is 9.36. The van der Waals surface area contributed by atoms with Gasteiger partial charge in [-0.2, -0.15) is 0 Å². The number of imidazole rings is 1. The molecule has 39 heavy (non-hydrogen) atoms. The lowest BCUT2D eigenvalue weighted by Crippen LogP contribution is -2.36. The second-order valence-corrected chi connectivity index (χ2v) is 9.76. The number of esters is 1. The van der Waals surface area contributed by atoms with Gasteiger partial charge in [0.05, 0.1) is 43.2 Å². The number of benzene rings is 2. The number of aryl methyl sites for hydroxylation is 2. The minimum atomic E-state index is -0.768. The van der Waals surface area contributed by atoms with Crippen molar-refractivity contribution in [1.29, 1.82) is 0 Å². The smallest absolute Gasteiger partial charge is 0.336 e. The third kappa shape index (κ3) is 6.08. The Morgan fingerprint density at radius 3 is 2.36 bits per heavy atom. The third-order valence-corrected chi connectivity index (χ3v) is 7.24. The maximum absolute atomic E-state index is 13.7. The Morgan fingerprint density at radius 1 is 1.03 bits per heavy atom. The summed E-state index contributed by atoms with van der Waals surface area (Å²) in [6.07, 6.45) is 0. The van der Waals surface area contributed by atoms with Gasteiger partial charge in [-0.15, -0.1) is 0 Å². The van der Waals surface area contributed by atoms with Crippen LogP contribution in [0.25, 0.3) is 0 Å². The number of para-hydroxylation sites is 1. The van der Waals surface area contributed by atoms with Gasteiger partial charge in [0.1, 0.15) is 5.82 Å².